The molecule has 0 spiro atoms. The smallest absolute Gasteiger partial charge is 0.255 e. The van der Waals surface area contributed by atoms with Crippen molar-refractivity contribution in [3.05, 3.63) is 53.0 Å². The minimum atomic E-state index is -0.523. The summed E-state index contributed by atoms with van der Waals surface area (Å²) < 4.78 is 25.0. The third-order valence-corrected chi connectivity index (χ3v) is 4.08. The largest absolute Gasteiger partial charge is 0.478 e. The number of amides is 1. The van der Waals surface area contributed by atoms with Gasteiger partial charge in [-0.3, -0.25) is 4.79 Å². The predicted molar refractivity (Wildman–Crippen MR) is 110 cm³/mol. The Labute approximate surface area is 170 Å². The van der Waals surface area contributed by atoms with Crippen LogP contribution in [0.2, 0.25) is 0 Å². The fourth-order valence-electron chi connectivity index (χ4n) is 2.53. The Morgan fingerprint density at radius 3 is 2.83 bits per heavy atom. The van der Waals surface area contributed by atoms with Crippen molar-refractivity contribution in [1.29, 1.82) is 0 Å². The minimum Gasteiger partial charge on any atom is -0.478 e. The van der Waals surface area contributed by atoms with Crippen molar-refractivity contribution >= 4 is 11.7 Å². The molecular formula is C22H26FN3O3. The van der Waals surface area contributed by atoms with Crippen molar-refractivity contribution in [3.8, 4) is 17.6 Å². The summed E-state index contributed by atoms with van der Waals surface area (Å²) in [5.74, 6) is 5.09. The SMILES string of the molecule is CCCCC#CCOc1cccc(CNC(=O)c2ccc(COC)nc2N)c1F. The molecule has 6 nitrogen and oxygen atoms in total. The molecular weight excluding hydrogens is 373 g/mol. The molecule has 7 heteroatoms. The van der Waals surface area contributed by atoms with E-state index in [1.807, 2.05) is 0 Å². The number of ether oxygens (including phenoxy) is 2. The van der Waals surface area contributed by atoms with Gasteiger partial charge in [-0.15, -0.1) is 0 Å². The van der Waals surface area contributed by atoms with E-state index in [0.29, 0.717) is 17.9 Å². The van der Waals surface area contributed by atoms with Crippen molar-refractivity contribution in [2.75, 3.05) is 19.5 Å². The van der Waals surface area contributed by atoms with Gasteiger partial charge in [-0.05, 0) is 24.6 Å². The lowest BCUT2D eigenvalue weighted by atomic mass is 10.1. The molecule has 0 aliphatic heterocycles. The third-order valence-electron chi connectivity index (χ3n) is 4.08. The summed E-state index contributed by atoms with van der Waals surface area (Å²) in [6.45, 7) is 2.50. The summed E-state index contributed by atoms with van der Waals surface area (Å²) in [6, 6.07) is 8.01. The molecule has 0 bridgehead atoms. The quantitative estimate of drug-likeness (QED) is 0.498. The number of halogens is 1. The number of carbonyl (C=O) groups excluding carboxylic acids is 1. The first-order valence-corrected chi connectivity index (χ1v) is 9.45. The molecule has 2 rings (SSSR count). The highest BCUT2D eigenvalue weighted by Crippen LogP contribution is 2.20. The first-order valence-electron chi connectivity index (χ1n) is 9.45. The van der Waals surface area contributed by atoms with Crippen LogP contribution in [0.5, 0.6) is 5.75 Å². The van der Waals surface area contributed by atoms with E-state index in [0.717, 1.165) is 19.3 Å². The molecule has 3 N–H and O–H groups in total. The number of aromatic nitrogens is 1. The second-order valence-electron chi connectivity index (χ2n) is 6.33. The number of rotatable bonds is 9. The first kappa shape index (κ1) is 22.2. The van der Waals surface area contributed by atoms with Crippen LogP contribution in [-0.2, 0) is 17.9 Å². The maximum absolute atomic E-state index is 14.6. The summed E-state index contributed by atoms with van der Waals surface area (Å²) in [5.41, 5.74) is 6.99. The van der Waals surface area contributed by atoms with Crippen LogP contribution in [0.3, 0.4) is 0 Å². The van der Waals surface area contributed by atoms with Gasteiger partial charge < -0.3 is 20.5 Å². The van der Waals surface area contributed by atoms with Crippen molar-refractivity contribution in [1.82, 2.24) is 10.3 Å². The average molecular weight is 399 g/mol. The van der Waals surface area contributed by atoms with Gasteiger partial charge >= 0.3 is 0 Å². The number of carbonyl (C=O) groups is 1. The van der Waals surface area contributed by atoms with Crippen LogP contribution in [0.1, 0.15) is 47.8 Å². The van der Waals surface area contributed by atoms with Gasteiger partial charge in [-0.1, -0.05) is 37.3 Å². The van der Waals surface area contributed by atoms with Gasteiger partial charge in [-0.2, -0.15) is 0 Å². The van der Waals surface area contributed by atoms with Gasteiger partial charge in [0.25, 0.3) is 5.91 Å². The summed E-state index contributed by atoms with van der Waals surface area (Å²) in [7, 11) is 1.55. The number of pyridine rings is 1. The molecule has 0 atom stereocenters. The molecule has 0 radical (unpaired) electrons. The van der Waals surface area contributed by atoms with Crippen LogP contribution in [0.25, 0.3) is 0 Å². The topological polar surface area (TPSA) is 86.5 Å². The number of hydrogen-bond acceptors (Lipinski definition) is 5. The van der Waals surface area contributed by atoms with E-state index >= 15 is 0 Å². The Kier molecular flexibility index (Phi) is 8.93. The summed E-state index contributed by atoms with van der Waals surface area (Å²) in [5, 5.41) is 2.65. The van der Waals surface area contributed by atoms with Crippen molar-refractivity contribution in [3.63, 3.8) is 0 Å². The van der Waals surface area contributed by atoms with E-state index in [4.69, 9.17) is 15.2 Å². The minimum absolute atomic E-state index is 0.0106. The Morgan fingerprint density at radius 1 is 1.28 bits per heavy atom. The number of unbranched alkanes of at least 4 members (excludes halogenated alkanes) is 2. The number of nitrogens with zero attached hydrogens (tertiary/aromatic N) is 1. The first-order chi connectivity index (χ1) is 14.1. The number of nitrogens with two attached hydrogens (primary N) is 1. The fraction of sp³-hybridized carbons (Fsp3) is 0.364. The molecule has 0 aliphatic carbocycles. The van der Waals surface area contributed by atoms with E-state index in [1.165, 1.54) is 6.07 Å². The Morgan fingerprint density at radius 2 is 2.10 bits per heavy atom. The number of hydrogen-bond donors (Lipinski definition) is 2. The van der Waals surface area contributed by atoms with Crippen molar-refractivity contribution in [2.24, 2.45) is 0 Å². The maximum atomic E-state index is 14.6. The number of nitrogens with one attached hydrogen (secondary N) is 1. The molecule has 0 saturated heterocycles. The zero-order valence-electron chi connectivity index (χ0n) is 16.8. The summed E-state index contributed by atoms with van der Waals surface area (Å²) >= 11 is 0. The average Bonchev–Trinajstić information content (AvgIpc) is 2.71. The fourth-order valence-corrected chi connectivity index (χ4v) is 2.53. The van der Waals surface area contributed by atoms with Crippen LogP contribution in [0, 0.1) is 17.7 Å². The van der Waals surface area contributed by atoms with Gasteiger partial charge in [0.05, 0.1) is 17.9 Å². The van der Waals surface area contributed by atoms with Gasteiger partial charge in [0.15, 0.2) is 11.6 Å². The number of anilines is 1. The molecule has 1 heterocycles. The van der Waals surface area contributed by atoms with Crippen molar-refractivity contribution < 1.29 is 18.7 Å². The Bertz CT molecular complexity index is 891. The molecule has 29 heavy (non-hydrogen) atoms. The Balaban J connectivity index is 1.96. The molecule has 0 saturated carbocycles. The lowest BCUT2D eigenvalue weighted by Gasteiger charge is -2.11. The van der Waals surface area contributed by atoms with Crippen LogP contribution < -0.4 is 15.8 Å². The highest BCUT2D eigenvalue weighted by molar-refractivity contribution is 5.98. The zero-order chi connectivity index (χ0) is 21.1. The lowest BCUT2D eigenvalue weighted by Crippen LogP contribution is -2.25. The van der Waals surface area contributed by atoms with E-state index < -0.39 is 11.7 Å². The third kappa shape index (κ3) is 6.77. The van der Waals surface area contributed by atoms with Gasteiger partial charge in [0.2, 0.25) is 0 Å². The van der Waals surface area contributed by atoms with Crippen LogP contribution >= 0.6 is 0 Å². The van der Waals surface area contributed by atoms with E-state index in [-0.39, 0.29) is 30.3 Å². The van der Waals surface area contributed by atoms with Gasteiger partial charge in [-0.25, -0.2) is 9.37 Å². The zero-order valence-corrected chi connectivity index (χ0v) is 16.8. The van der Waals surface area contributed by atoms with Crippen LogP contribution in [0.4, 0.5) is 10.2 Å². The van der Waals surface area contributed by atoms with Crippen molar-refractivity contribution in [2.45, 2.75) is 39.3 Å². The lowest BCUT2D eigenvalue weighted by molar-refractivity contribution is 0.0951. The number of methoxy groups -OCH3 is 1. The summed E-state index contributed by atoms with van der Waals surface area (Å²) in [4.78, 5) is 16.5. The summed E-state index contributed by atoms with van der Waals surface area (Å²) in [6.07, 6.45) is 2.92. The molecule has 1 aromatic carbocycles. The van der Waals surface area contributed by atoms with E-state index in [9.17, 15) is 9.18 Å². The molecule has 154 valence electrons. The molecule has 2 aromatic rings. The molecule has 1 aromatic heterocycles. The van der Waals surface area contributed by atoms with E-state index in [1.54, 1.807) is 31.4 Å². The number of benzene rings is 1. The molecule has 0 unspecified atom stereocenters. The predicted octanol–water partition coefficient (Wildman–Crippen LogP) is 3.45. The molecule has 0 aliphatic rings. The second-order valence-corrected chi connectivity index (χ2v) is 6.33. The van der Waals surface area contributed by atoms with Gasteiger partial charge in [0.1, 0.15) is 12.4 Å². The van der Waals surface area contributed by atoms with E-state index in [2.05, 4.69) is 29.1 Å². The highest BCUT2D eigenvalue weighted by Gasteiger charge is 2.14. The highest BCUT2D eigenvalue weighted by atomic mass is 19.1. The van der Waals surface area contributed by atoms with Crippen LogP contribution in [-0.4, -0.2) is 24.6 Å². The normalized spacial score (nSPS) is 10.2. The van der Waals surface area contributed by atoms with Crippen LogP contribution in [0.15, 0.2) is 30.3 Å². The maximum Gasteiger partial charge on any atom is 0.255 e. The molecule has 1 amide bonds. The number of nitrogen functional groups attached to an aromatic ring is 1. The standard InChI is InChI=1S/C22H26FN3O3/c1-3-4-5-6-7-13-29-19-10-8-9-16(20(19)23)14-25-22(27)18-12-11-17(15-28-2)26-21(18)24/h8-12H,3-5,13-15H2,1-2H3,(H2,24,26)(H,25,27). The van der Waals surface area contributed by atoms with Gasteiger partial charge in [0, 0.05) is 25.6 Å². The Hall–Kier alpha value is -3.11. The molecule has 0 fully saturated rings. The monoisotopic (exact) mass is 399 g/mol. The second kappa shape index (κ2) is 11.7.